The Morgan fingerprint density at radius 3 is 2.68 bits per heavy atom. The van der Waals surface area contributed by atoms with E-state index in [-0.39, 0.29) is 11.6 Å². The van der Waals surface area contributed by atoms with Gasteiger partial charge in [-0.2, -0.15) is 0 Å². The number of carbonyl (C=O) groups excluding carboxylic acids is 1. The van der Waals surface area contributed by atoms with Gasteiger partial charge < -0.3 is 10.6 Å². The van der Waals surface area contributed by atoms with Crippen LogP contribution in [0.25, 0.3) is 0 Å². The summed E-state index contributed by atoms with van der Waals surface area (Å²) in [5, 5.41) is 5.88. The molecule has 0 fully saturated rings. The standard InChI is InChI=1S/C15H23FN2O/c1-4-6-7-12(5-2)18-13-8-9-14(16)15(10-13)17-11(3)19/h8-10,12,18H,4-7H2,1-3H3,(H,17,19). The smallest absolute Gasteiger partial charge is 0.221 e. The van der Waals surface area contributed by atoms with Gasteiger partial charge in [0.1, 0.15) is 5.82 Å². The number of hydrogen-bond acceptors (Lipinski definition) is 2. The Balaban J connectivity index is 2.74. The lowest BCUT2D eigenvalue weighted by molar-refractivity contribution is -0.114. The van der Waals surface area contributed by atoms with Crippen molar-refractivity contribution in [3.8, 4) is 0 Å². The summed E-state index contributed by atoms with van der Waals surface area (Å²) in [6.07, 6.45) is 4.46. The minimum atomic E-state index is -0.414. The fourth-order valence-corrected chi connectivity index (χ4v) is 1.97. The Morgan fingerprint density at radius 2 is 2.11 bits per heavy atom. The number of unbranched alkanes of at least 4 members (excludes halogenated alkanes) is 1. The molecular weight excluding hydrogens is 243 g/mol. The van der Waals surface area contributed by atoms with E-state index in [9.17, 15) is 9.18 Å². The summed E-state index contributed by atoms with van der Waals surface area (Å²) < 4.78 is 13.5. The molecule has 0 aliphatic rings. The average molecular weight is 266 g/mol. The molecule has 2 N–H and O–H groups in total. The second-order valence-electron chi connectivity index (χ2n) is 4.77. The minimum Gasteiger partial charge on any atom is -0.382 e. The first-order valence-electron chi connectivity index (χ1n) is 6.90. The fourth-order valence-electron chi connectivity index (χ4n) is 1.97. The van der Waals surface area contributed by atoms with Crippen molar-refractivity contribution >= 4 is 17.3 Å². The van der Waals surface area contributed by atoms with Crippen molar-refractivity contribution in [3.63, 3.8) is 0 Å². The van der Waals surface area contributed by atoms with E-state index in [1.54, 1.807) is 12.1 Å². The first-order valence-corrected chi connectivity index (χ1v) is 6.90. The predicted molar refractivity (Wildman–Crippen MR) is 77.9 cm³/mol. The third-order valence-electron chi connectivity index (χ3n) is 3.05. The molecule has 1 atom stereocenters. The van der Waals surface area contributed by atoms with Gasteiger partial charge in [0.15, 0.2) is 0 Å². The first kappa shape index (κ1) is 15.5. The van der Waals surface area contributed by atoms with Crippen LogP contribution in [0.1, 0.15) is 46.5 Å². The zero-order valence-electron chi connectivity index (χ0n) is 11.9. The molecule has 0 aromatic heterocycles. The van der Waals surface area contributed by atoms with Crippen LogP contribution < -0.4 is 10.6 Å². The third kappa shape index (κ3) is 5.28. The van der Waals surface area contributed by atoms with E-state index in [0.717, 1.165) is 18.5 Å². The molecule has 1 rings (SSSR count). The highest BCUT2D eigenvalue weighted by atomic mass is 19.1. The molecule has 0 saturated heterocycles. The summed E-state index contributed by atoms with van der Waals surface area (Å²) in [5.41, 5.74) is 1.07. The van der Waals surface area contributed by atoms with E-state index in [1.807, 2.05) is 0 Å². The number of rotatable bonds is 7. The van der Waals surface area contributed by atoms with E-state index >= 15 is 0 Å². The van der Waals surface area contributed by atoms with Crippen LogP contribution in [0.4, 0.5) is 15.8 Å². The maximum Gasteiger partial charge on any atom is 0.221 e. The Labute approximate surface area is 114 Å². The minimum absolute atomic E-state index is 0.225. The van der Waals surface area contributed by atoms with E-state index in [1.165, 1.54) is 25.8 Å². The molecule has 1 aromatic rings. The lowest BCUT2D eigenvalue weighted by atomic mass is 10.1. The van der Waals surface area contributed by atoms with Gasteiger partial charge in [0.25, 0.3) is 0 Å². The molecule has 1 amide bonds. The molecule has 4 heteroatoms. The van der Waals surface area contributed by atoms with Gasteiger partial charge in [-0.05, 0) is 31.0 Å². The number of hydrogen-bond donors (Lipinski definition) is 2. The van der Waals surface area contributed by atoms with Crippen molar-refractivity contribution in [2.24, 2.45) is 0 Å². The van der Waals surface area contributed by atoms with E-state index in [2.05, 4.69) is 24.5 Å². The summed E-state index contributed by atoms with van der Waals surface area (Å²) in [6.45, 7) is 5.67. The van der Waals surface area contributed by atoms with Gasteiger partial charge in [-0.15, -0.1) is 0 Å². The zero-order chi connectivity index (χ0) is 14.3. The molecule has 0 aliphatic carbocycles. The average Bonchev–Trinajstić information content (AvgIpc) is 2.37. The molecule has 0 aliphatic heterocycles. The SMILES string of the molecule is CCCCC(CC)Nc1ccc(F)c(NC(C)=O)c1. The van der Waals surface area contributed by atoms with Crippen LogP contribution >= 0.6 is 0 Å². The molecular formula is C15H23FN2O. The summed E-state index contributed by atoms with van der Waals surface area (Å²) in [4.78, 5) is 11.0. The van der Waals surface area contributed by atoms with Crippen LogP contribution in [-0.4, -0.2) is 11.9 Å². The van der Waals surface area contributed by atoms with E-state index < -0.39 is 5.82 Å². The summed E-state index contributed by atoms with van der Waals surface area (Å²) in [7, 11) is 0. The molecule has 3 nitrogen and oxygen atoms in total. The van der Waals surface area contributed by atoms with Crippen molar-refractivity contribution in [1.29, 1.82) is 0 Å². The number of benzene rings is 1. The largest absolute Gasteiger partial charge is 0.382 e. The second kappa shape index (κ2) is 7.77. The van der Waals surface area contributed by atoms with Crippen molar-refractivity contribution in [2.75, 3.05) is 10.6 Å². The van der Waals surface area contributed by atoms with Crippen LogP contribution in [0, 0.1) is 5.82 Å². The van der Waals surface area contributed by atoms with Crippen molar-refractivity contribution < 1.29 is 9.18 Å². The highest BCUT2D eigenvalue weighted by Gasteiger charge is 2.09. The van der Waals surface area contributed by atoms with Crippen molar-refractivity contribution in [3.05, 3.63) is 24.0 Å². The predicted octanol–water partition coefficient (Wildman–Crippen LogP) is 4.16. The molecule has 0 heterocycles. The highest BCUT2D eigenvalue weighted by molar-refractivity contribution is 5.89. The molecule has 1 aromatic carbocycles. The van der Waals surface area contributed by atoms with Crippen LogP contribution in [0.5, 0.6) is 0 Å². The number of nitrogens with one attached hydrogen (secondary N) is 2. The second-order valence-corrected chi connectivity index (χ2v) is 4.77. The summed E-state index contributed by atoms with van der Waals surface area (Å²) in [6, 6.07) is 5.11. The molecule has 0 saturated carbocycles. The number of amides is 1. The number of anilines is 2. The fraction of sp³-hybridized carbons (Fsp3) is 0.533. The molecule has 0 radical (unpaired) electrons. The Bertz CT molecular complexity index is 421. The monoisotopic (exact) mass is 266 g/mol. The maximum atomic E-state index is 13.5. The van der Waals surface area contributed by atoms with Gasteiger partial charge in [-0.1, -0.05) is 26.7 Å². The van der Waals surface area contributed by atoms with Crippen LogP contribution in [-0.2, 0) is 4.79 Å². The lowest BCUT2D eigenvalue weighted by Gasteiger charge is -2.18. The topological polar surface area (TPSA) is 41.1 Å². The van der Waals surface area contributed by atoms with E-state index in [4.69, 9.17) is 0 Å². The van der Waals surface area contributed by atoms with Gasteiger partial charge in [-0.25, -0.2) is 4.39 Å². The lowest BCUT2D eigenvalue weighted by Crippen LogP contribution is -2.18. The number of halogens is 1. The number of carbonyl (C=O) groups is 1. The van der Waals surface area contributed by atoms with Crippen LogP contribution in [0.15, 0.2) is 18.2 Å². The molecule has 0 spiro atoms. The van der Waals surface area contributed by atoms with Gasteiger partial charge in [0, 0.05) is 18.7 Å². The molecule has 19 heavy (non-hydrogen) atoms. The van der Waals surface area contributed by atoms with Gasteiger partial charge in [-0.3, -0.25) is 4.79 Å². The van der Waals surface area contributed by atoms with Gasteiger partial charge in [0.2, 0.25) is 5.91 Å². The first-order chi connectivity index (χ1) is 9.06. The summed E-state index contributed by atoms with van der Waals surface area (Å²) >= 11 is 0. The van der Waals surface area contributed by atoms with Gasteiger partial charge >= 0.3 is 0 Å². The Morgan fingerprint density at radius 1 is 1.37 bits per heavy atom. The van der Waals surface area contributed by atoms with Crippen LogP contribution in [0.2, 0.25) is 0 Å². The molecule has 1 unspecified atom stereocenters. The maximum absolute atomic E-state index is 13.5. The molecule has 0 bridgehead atoms. The quantitative estimate of drug-likeness (QED) is 0.778. The van der Waals surface area contributed by atoms with Crippen molar-refractivity contribution in [2.45, 2.75) is 52.5 Å². The summed E-state index contributed by atoms with van der Waals surface area (Å²) in [5.74, 6) is -0.684. The highest BCUT2D eigenvalue weighted by Crippen LogP contribution is 2.21. The van der Waals surface area contributed by atoms with Crippen molar-refractivity contribution in [1.82, 2.24) is 0 Å². The zero-order valence-corrected chi connectivity index (χ0v) is 11.9. The van der Waals surface area contributed by atoms with Gasteiger partial charge in [0.05, 0.1) is 5.69 Å². The third-order valence-corrected chi connectivity index (χ3v) is 3.05. The van der Waals surface area contributed by atoms with Crippen LogP contribution in [0.3, 0.4) is 0 Å². The van der Waals surface area contributed by atoms with E-state index in [0.29, 0.717) is 6.04 Å². The normalized spacial score (nSPS) is 12.0. The molecule has 106 valence electrons. The Kier molecular flexibility index (Phi) is 6.33. The Hall–Kier alpha value is -1.58.